The highest BCUT2D eigenvalue weighted by Crippen LogP contribution is 2.24. The third kappa shape index (κ3) is 3.93. The zero-order valence-corrected chi connectivity index (χ0v) is 15.5. The third-order valence-electron chi connectivity index (χ3n) is 2.63. The van der Waals surface area contributed by atoms with Gasteiger partial charge in [0.1, 0.15) is 0 Å². The molecular formula is C14H11Br3N4. The monoisotopic (exact) mass is 472 g/mol. The number of hydrogen-bond donors (Lipinski definition) is 2. The first-order valence-electron chi connectivity index (χ1n) is 5.86. The lowest BCUT2D eigenvalue weighted by Crippen LogP contribution is -2.17. The van der Waals surface area contributed by atoms with Crippen LogP contribution in [0.2, 0.25) is 0 Å². The van der Waals surface area contributed by atoms with E-state index in [-0.39, 0.29) is 11.7 Å². The fourth-order valence-corrected chi connectivity index (χ4v) is 3.52. The fourth-order valence-electron chi connectivity index (χ4n) is 1.62. The highest BCUT2D eigenvalue weighted by atomic mass is 79.9. The lowest BCUT2D eigenvalue weighted by atomic mass is 10.2. The predicted octanol–water partition coefficient (Wildman–Crippen LogP) is 4.00. The minimum atomic E-state index is 0.268. The molecule has 0 atom stereocenters. The molecule has 0 aliphatic rings. The molecule has 0 heterocycles. The van der Waals surface area contributed by atoms with Gasteiger partial charge in [0, 0.05) is 24.5 Å². The van der Waals surface area contributed by atoms with Crippen molar-refractivity contribution in [3.63, 3.8) is 0 Å². The molecule has 4 nitrogen and oxygen atoms in total. The Morgan fingerprint density at radius 2 is 1.24 bits per heavy atom. The second-order valence-corrected chi connectivity index (χ2v) is 6.61. The zero-order chi connectivity index (χ0) is 15.4. The average molecular weight is 475 g/mol. The number of nitrogens with zero attached hydrogens (tertiary/aromatic N) is 2. The summed E-state index contributed by atoms with van der Waals surface area (Å²) in [7, 11) is 0. The molecular weight excluding hydrogens is 464 g/mol. The van der Waals surface area contributed by atoms with Crippen LogP contribution in [0.15, 0.2) is 66.1 Å². The van der Waals surface area contributed by atoms with Gasteiger partial charge < -0.3 is 11.5 Å². The fraction of sp³-hybridized carbons (Fsp3) is 0. The molecule has 2 aromatic carbocycles. The van der Waals surface area contributed by atoms with Gasteiger partial charge in [-0.2, -0.15) is 0 Å². The number of hydrogen-bond acceptors (Lipinski definition) is 2. The summed E-state index contributed by atoms with van der Waals surface area (Å²) >= 11 is 10.3. The first kappa shape index (κ1) is 16.2. The van der Waals surface area contributed by atoms with Gasteiger partial charge in [-0.15, -0.1) is 10.2 Å². The van der Waals surface area contributed by atoms with Crippen LogP contribution in [0, 0.1) is 0 Å². The van der Waals surface area contributed by atoms with E-state index in [2.05, 4.69) is 58.0 Å². The largest absolute Gasteiger partial charge is 0.382 e. The summed E-state index contributed by atoms with van der Waals surface area (Å²) < 4.78 is 2.50. The van der Waals surface area contributed by atoms with Gasteiger partial charge in [0.25, 0.3) is 0 Å². The summed E-state index contributed by atoms with van der Waals surface area (Å²) in [5.41, 5.74) is 13.4. The van der Waals surface area contributed by atoms with E-state index in [4.69, 9.17) is 11.5 Å². The summed E-state index contributed by atoms with van der Waals surface area (Å²) in [6, 6.07) is 13.2. The van der Waals surface area contributed by atoms with Gasteiger partial charge >= 0.3 is 0 Å². The van der Waals surface area contributed by atoms with Gasteiger partial charge in [-0.3, -0.25) is 0 Å². The van der Waals surface area contributed by atoms with Crippen LogP contribution in [0.4, 0.5) is 0 Å². The van der Waals surface area contributed by atoms with Crippen molar-refractivity contribution in [3.8, 4) is 0 Å². The standard InChI is InChI=1S/C14H11Br3N4/c15-9-5-2-1-4-8(9)13(18)20-21-14(19)12-10(16)6-3-7-11(12)17/h1-7H,(H2,18,20)(H2,19,21). The van der Waals surface area contributed by atoms with Crippen LogP contribution >= 0.6 is 47.8 Å². The molecule has 0 aliphatic carbocycles. The molecule has 4 N–H and O–H groups in total. The number of benzene rings is 2. The lowest BCUT2D eigenvalue weighted by Gasteiger charge is -2.05. The van der Waals surface area contributed by atoms with Crippen LogP contribution < -0.4 is 11.5 Å². The molecule has 0 aromatic heterocycles. The summed E-state index contributed by atoms with van der Waals surface area (Å²) in [4.78, 5) is 0. The van der Waals surface area contributed by atoms with Gasteiger partial charge in [0.05, 0.1) is 0 Å². The lowest BCUT2D eigenvalue weighted by molar-refractivity contribution is 1.20. The van der Waals surface area contributed by atoms with Crippen molar-refractivity contribution in [2.24, 2.45) is 21.7 Å². The minimum Gasteiger partial charge on any atom is -0.382 e. The molecule has 0 spiro atoms. The summed E-state index contributed by atoms with van der Waals surface area (Å²) in [5, 5.41) is 8.01. The zero-order valence-electron chi connectivity index (χ0n) is 10.7. The van der Waals surface area contributed by atoms with E-state index in [1.165, 1.54) is 0 Å². The van der Waals surface area contributed by atoms with Gasteiger partial charge in [0.2, 0.25) is 0 Å². The molecule has 0 unspecified atom stereocenters. The molecule has 2 aromatic rings. The van der Waals surface area contributed by atoms with Crippen molar-refractivity contribution in [2.75, 3.05) is 0 Å². The highest BCUT2D eigenvalue weighted by Gasteiger charge is 2.09. The van der Waals surface area contributed by atoms with Crippen LogP contribution in [0.25, 0.3) is 0 Å². The summed E-state index contributed by atoms with van der Waals surface area (Å²) in [6.07, 6.45) is 0. The van der Waals surface area contributed by atoms with E-state index in [0.29, 0.717) is 0 Å². The first-order valence-corrected chi connectivity index (χ1v) is 8.24. The number of rotatable bonds is 3. The van der Waals surface area contributed by atoms with Gasteiger partial charge in [-0.25, -0.2) is 0 Å². The second kappa shape index (κ2) is 7.20. The van der Waals surface area contributed by atoms with Crippen molar-refractivity contribution in [3.05, 3.63) is 67.0 Å². The predicted molar refractivity (Wildman–Crippen MR) is 97.4 cm³/mol. The van der Waals surface area contributed by atoms with Crippen LogP contribution in [0.5, 0.6) is 0 Å². The van der Waals surface area contributed by atoms with E-state index in [9.17, 15) is 0 Å². The maximum atomic E-state index is 5.98. The number of nitrogens with two attached hydrogens (primary N) is 2. The smallest absolute Gasteiger partial charge is 0.155 e. The van der Waals surface area contributed by atoms with Crippen LogP contribution in [-0.2, 0) is 0 Å². The molecule has 108 valence electrons. The Labute approximate surface area is 147 Å². The SMILES string of the molecule is N/C(=N\N=C(/N)c1c(Br)cccc1Br)c1ccccc1Br. The van der Waals surface area contributed by atoms with Crippen molar-refractivity contribution in [2.45, 2.75) is 0 Å². The topological polar surface area (TPSA) is 76.8 Å². The van der Waals surface area contributed by atoms with E-state index < -0.39 is 0 Å². The van der Waals surface area contributed by atoms with Crippen LogP contribution in [0.3, 0.4) is 0 Å². The Bertz CT molecular complexity index is 706. The normalized spacial score (nSPS) is 12.5. The molecule has 21 heavy (non-hydrogen) atoms. The Kier molecular flexibility index (Phi) is 5.55. The van der Waals surface area contributed by atoms with Gasteiger partial charge in [0.15, 0.2) is 11.7 Å². The van der Waals surface area contributed by atoms with Crippen LogP contribution in [-0.4, -0.2) is 11.7 Å². The van der Waals surface area contributed by atoms with E-state index in [1.807, 2.05) is 42.5 Å². The molecule has 2 rings (SSSR count). The van der Waals surface area contributed by atoms with Crippen molar-refractivity contribution >= 4 is 59.5 Å². The maximum Gasteiger partial charge on any atom is 0.155 e. The van der Waals surface area contributed by atoms with E-state index in [0.717, 1.165) is 24.5 Å². The molecule has 0 radical (unpaired) electrons. The highest BCUT2D eigenvalue weighted by molar-refractivity contribution is 9.11. The Balaban J connectivity index is 2.36. The van der Waals surface area contributed by atoms with Crippen LogP contribution in [0.1, 0.15) is 11.1 Å². The van der Waals surface area contributed by atoms with Gasteiger partial charge in [-0.1, -0.05) is 40.2 Å². The summed E-state index contributed by atoms with van der Waals surface area (Å²) in [5.74, 6) is 0.554. The Morgan fingerprint density at radius 3 is 1.86 bits per heavy atom. The van der Waals surface area contributed by atoms with Crippen molar-refractivity contribution < 1.29 is 0 Å². The molecule has 0 saturated carbocycles. The molecule has 7 heteroatoms. The molecule has 0 fully saturated rings. The van der Waals surface area contributed by atoms with E-state index in [1.54, 1.807) is 0 Å². The Hall–Kier alpha value is -1.18. The maximum absolute atomic E-state index is 5.98. The quantitative estimate of drug-likeness (QED) is 0.401. The molecule has 0 bridgehead atoms. The number of halogens is 3. The third-order valence-corrected chi connectivity index (χ3v) is 4.65. The minimum absolute atomic E-state index is 0.268. The number of amidine groups is 2. The van der Waals surface area contributed by atoms with Gasteiger partial charge in [-0.05, 0) is 50.1 Å². The molecule has 0 saturated heterocycles. The van der Waals surface area contributed by atoms with E-state index >= 15 is 0 Å². The average Bonchev–Trinajstić information content (AvgIpc) is 2.45. The molecule has 0 amide bonds. The van der Waals surface area contributed by atoms with Crippen molar-refractivity contribution in [1.29, 1.82) is 0 Å². The summed E-state index contributed by atoms with van der Waals surface area (Å²) in [6.45, 7) is 0. The Morgan fingerprint density at radius 1 is 0.714 bits per heavy atom. The molecule has 0 aliphatic heterocycles. The van der Waals surface area contributed by atoms with Crippen molar-refractivity contribution in [1.82, 2.24) is 0 Å². The first-order chi connectivity index (χ1) is 10.0. The second-order valence-electron chi connectivity index (χ2n) is 4.05.